The predicted molar refractivity (Wildman–Crippen MR) is 96.8 cm³/mol. The van der Waals surface area contributed by atoms with Crippen LogP contribution >= 0.6 is 0 Å². The van der Waals surface area contributed by atoms with E-state index in [0.717, 1.165) is 23.4 Å². The van der Waals surface area contributed by atoms with Crippen molar-refractivity contribution in [2.75, 3.05) is 0 Å². The van der Waals surface area contributed by atoms with Crippen molar-refractivity contribution in [2.45, 2.75) is 39.0 Å². The second-order valence-electron chi connectivity index (χ2n) is 8.62. The van der Waals surface area contributed by atoms with Crippen molar-refractivity contribution in [1.29, 1.82) is 0 Å². The molecule has 1 aromatic carbocycles. The molecule has 5 nitrogen and oxygen atoms in total. The number of carbonyl (C=O) groups excluding carboxylic acids is 3. The predicted octanol–water partition coefficient (Wildman–Crippen LogP) is 2.83. The Labute approximate surface area is 153 Å². The van der Waals surface area contributed by atoms with Gasteiger partial charge in [0.2, 0.25) is 0 Å². The third kappa shape index (κ3) is 2.57. The molecule has 26 heavy (non-hydrogen) atoms. The van der Waals surface area contributed by atoms with Gasteiger partial charge < -0.3 is 0 Å². The molecule has 1 N–H and O–H groups in total. The summed E-state index contributed by atoms with van der Waals surface area (Å²) in [6.45, 7) is 6.31. The average molecular weight is 352 g/mol. The molecule has 5 rings (SSSR count). The molecule has 136 valence electrons. The molecule has 1 saturated heterocycles. The van der Waals surface area contributed by atoms with Crippen LogP contribution in [0.2, 0.25) is 0 Å². The first-order valence-electron chi connectivity index (χ1n) is 9.25. The molecule has 1 aliphatic heterocycles. The van der Waals surface area contributed by atoms with Gasteiger partial charge in [-0.15, -0.1) is 0 Å². The Hall–Kier alpha value is -2.43. The molecule has 3 aliphatic carbocycles. The van der Waals surface area contributed by atoms with Crippen LogP contribution in [0, 0.1) is 23.7 Å². The van der Waals surface area contributed by atoms with Gasteiger partial charge in [0, 0.05) is 5.56 Å². The van der Waals surface area contributed by atoms with Crippen molar-refractivity contribution in [3.05, 3.63) is 47.5 Å². The van der Waals surface area contributed by atoms with E-state index in [0.29, 0.717) is 5.56 Å². The Balaban J connectivity index is 1.52. The summed E-state index contributed by atoms with van der Waals surface area (Å²) in [6.07, 6.45) is 6.02. The van der Waals surface area contributed by atoms with Gasteiger partial charge in [0.1, 0.15) is 0 Å². The van der Waals surface area contributed by atoms with Crippen LogP contribution in [0.3, 0.4) is 0 Å². The zero-order chi connectivity index (χ0) is 18.6. The lowest BCUT2D eigenvalue weighted by molar-refractivity contribution is -0.143. The van der Waals surface area contributed by atoms with E-state index in [2.05, 4.69) is 38.3 Å². The number of nitrogens with zero attached hydrogens (tertiary/aromatic N) is 1. The molecule has 4 atom stereocenters. The molecule has 1 aromatic rings. The number of rotatable bonds is 2. The van der Waals surface area contributed by atoms with E-state index in [9.17, 15) is 14.4 Å². The van der Waals surface area contributed by atoms with E-state index in [1.165, 1.54) is 0 Å². The minimum absolute atomic E-state index is 0.00212. The Morgan fingerprint density at radius 1 is 0.962 bits per heavy atom. The van der Waals surface area contributed by atoms with Crippen LogP contribution in [0.5, 0.6) is 0 Å². The van der Waals surface area contributed by atoms with Crippen molar-refractivity contribution in [2.24, 2.45) is 23.7 Å². The van der Waals surface area contributed by atoms with Crippen LogP contribution in [0.4, 0.5) is 0 Å². The van der Waals surface area contributed by atoms with Crippen LogP contribution < -0.4 is 5.43 Å². The second kappa shape index (κ2) is 5.79. The summed E-state index contributed by atoms with van der Waals surface area (Å²) in [6, 6.07) is 7.29. The smallest absolute Gasteiger partial charge is 0.270 e. The number of hydrogen-bond donors (Lipinski definition) is 1. The van der Waals surface area contributed by atoms with Crippen LogP contribution in [0.25, 0.3) is 0 Å². The lowest BCUT2D eigenvalue weighted by Crippen LogP contribution is -2.46. The van der Waals surface area contributed by atoms with Gasteiger partial charge in [-0.2, -0.15) is 5.01 Å². The highest BCUT2D eigenvalue weighted by Crippen LogP contribution is 2.49. The second-order valence-corrected chi connectivity index (χ2v) is 8.62. The number of amides is 3. The topological polar surface area (TPSA) is 66.5 Å². The van der Waals surface area contributed by atoms with Crippen molar-refractivity contribution in [3.63, 3.8) is 0 Å². The van der Waals surface area contributed by atoms with E-state index < -0.39 is 5.91 Å². The first kappa shape index (κ1) is 17.0. The third-order valence-electron chi connectivity index (χ3n) is 5.99. The SMILES string of the molecule is CC(C)(C)c1ccc(C(=O)NN2C(=O)C3C4C=CC(CC4)C3C2=O)cc1. The Kier molecular flexibility index (Phi) is 3.79. The molecule has 4 aliphatic rings. The van der Waals surface area contributed by atoms with E-state index in [-0.39, 0.29) is 40.9 Å². The maximum absolute atomic E-state index is 12.7. The minimum atomic E-state index is -0.425. The Morgan fingerprint density at radius 3 is 1.88 bits per heavy atom. The zero-order valence-electron chi connectivity index (χ0n) is 15.4. The molecule has 3 amide bonds. The number of carbonyl (C=O) groups is 3. The number of imide groups is 1. The fourth-order valence-corrected chi connectivity index (χ4v) is 4.47. The lowest BCUT2D eigenvalue weighted by atomic mass is 9.63. The summed E-state index contributed by atoms with van der Waals surface area (Å²) in [7, 11) is 0. The summed E-state index contributed by atoms with van der Waals surface area (Å²) < 4.78 is 0. The first-order valence-corrected chi connectivity index (χ1v) is 9.25. The van der Waals surface area contributed by atoms with E-state index in [1.807, 2.05) is 12.1 Å². The molecule has 2 bridgehead atoms. The molecule has 1 saturated carbocycles. The number of benzene rings is 1. The third-order valence-corrected chi connectivity index (χ3v) is 5.99. The molecule has 0 aromatic heterocycles. The lowest BCUT2D eigenvalue weighted by Gasteiger charge is -2.37. The van der Waals surface area contributed by atoms with E-state index >= 15 is 0 Å². The van der Waals surface area contributed by atoms with Gasteiger partial charge in [-0.1, -0.05) is 45.1 Å². The monoisotopic (exact) mass is 352 g/mol. The zero-order valence-corrected chi connectivity index (χ0v) is 15.4. The van der Waals surface area contributed by atoms with E-state index in [1.54, 1.807) is 12.1 Å². The normalized spacial score (nSPS) is 29.9. The first-order chi connectivity index (χ1) is 12.3. The molecular formula is C21H24N2O3. The summed E-state index contributed by atoms with van der Waals surface area (Å²) in [5, 5.41) is 0.966. The number of nitrogens with one attached hydrogen (secondary N) is 1. The Morgan fingerprint density at radius 2 is 1.46 bits per heavy atom. The molecule has 0 radical (unpaired) electrons. The van der Waals surface area contributed by atoms with Gasteiger partial charge in [0.05, 0.1) is 11.8 Å². The number of allylic oxidation sites excluding steroid dienone is 2. The maximum atomic E-state index is 12.7. The summed E-state index contributed by atoms with van der Waals surface area (Å²) >= 11 is 0. The van der Waals surface area contributed by atoms with Gasteiger partial charge in [-0.25, -0.2) is 0 Å². The molecular weight excluding hydrogens is 328 g/mol. The van der Waals surface area contributed by atoms with Crippen LogP contribution in [0.1, 0.15) is 49.5 Å². The van der Waals surface area contributed by atoms with Crippen molar-refractivity contribution in [1.82, 2.24) is 10.4 Å². The van der Waals surface area contributed by atoms with Crippen molar-refractivity contribution >= 4 is 17.7 Å². The summed E-state index contributed by atoms with van der Waals surface area (Å²) in [5.74, 6) is -1.34. The van der Waals surface area contributed by atoms with Crippen LogP contribution in [0.15, 0.2) is 36.4 Å². The highest BCUT2D eigenvalue weighted by atomic mass is 16.2. The average Bonchev–Trinajstić information content (AvgIpc) is 2.89. The van der Waals surface area contributed by atoms with Crippen molar-refractivity contribution < 1.29 is 14.4 Å². The molecule has 2 fully saturated rings. The number of hydrazine groups is 1. The van der Waals surface area contributed by atoms with Gasteiger partial charge in [-0.3, -0.25) is 19.8 Å². The fraction of sp³-hybridized carbons (Fsp3) is 0.476. The van der Waals surface area contributed by atoms with Gasteiger partial charge >= 0.3 is 0 Å². The molecule has 0 spiro atoms. The van der Waals surface area contributed by atoms with Gasteiger partial charge in [0.15, 0.2) is 0 Å². The Bertz CT molecular complexity index is 772. The summed E-state index contributed by atoms with van der Waals surface area (Å²) in [4.78, 5) is 38.1. The molecule has 4 unspecified atom stereocenters. The largest absolute Gasteiger partial charge is 0.272 e. The van der Waals surface area contributed by atoms with E-state index in [4.69, 9.17) is 0 Å². The minimum Gasteiger partial charge on any atom is -0.272 e. The molecule has 5 heteroatoms. The highest BCUT2D eigenvalue weighted by Gasteiger charge is 2.57. The highest BCUT2D eigenvalue weighted by molar-refractivity contribution is 6.08. The number of hydrogen-bond acceptors (Lipinski definition) is 3. The number of fused-ring (bicyclic) bond motifs is 1. The fourth-order valence-electron chi connectivity index (χ4n) is 4.47. The molecule has 1 heterocycles. The quantitative estimate of drug-likeness (QED) is 0.657. The maximum Gasteiger partial charge on any atom is 0.270 e. The summed E-state index contributed by atoms with van der Waals surface area (Å²) in [5.41, 5.74) is 4.10. The van der Waals surface area contributed by atoms with Crippen LogP contribution in [-0.2, 0) is 15.0 Å². The van der Waals surface area contributed by atoms with Gasteiger partial charge in [-0.05, 0) is 47.8 Å². The van der Waals surface area contributed by atoms with Crippen LogP contribution in [-0.4, -0.2) is 22.7 Å². The van der Waals surface area contributed by atoms with Crippen molar-refractivity contribution in [3.8, 4) is 0 Å². The van der Waals surface area contributed by atoms with Gasteiger partial charge in [0.25, 0.3) is 17.7 Å². The standard InChI is InChI=1S/C21H24N2O3/c1-21(2,3)15-10-8-14(9-11-15)18(24)22-23-19(25)16-12-4-5-13(7-6-12)17(16)20(23)26/h4-5,8-13,16-17H,6-7H2,1-3H3,(H,22,24).